The quantitative estimate of drug-likeness (QED) is 0.721. The van der Waals surface area contributed by atoms with Gasteiger partial charge in [-0.05, 0) is 18.3 Å². The molecule has 0 unspecified atom stereocenters. The summed E-state index contributed by atoms with van der Waals surface area (Å²) in [4.78, 5) is 0. The molecule has 0 bridgehead atoms. The lowest BCUT2D eigenvalue weighted by Crippen LogP contribution is -2.48. The number of hydrogen-bond donors (Lipinski definition) is 2. The predicted octanol–water partition coefficient (Wildman–Crippen LogP) is 1.73. The van der Waals surface area contributed by atoms with Crippen LogP contribution in [0.4, 0.5) is 0 Å². The summed E-state index contributed by atoms with van der Waals surface area (Å²) in [6.45, 7) is 11.7. The van der Waals surface area contributed by atoms with E-state index in [0.29, 0.717) is 5.92 Å². The standard InChI is InChI=1S/C13H24O3/c1-6-13(15)11(14)10(7-8(2)3)16-12(13)9(4)5/h6,8-12,14-15H,1,7H2,2-5H3/t10-,11-,12+,13-/m1/s1. The van der Waals surface area contributed by atoms with Gasteiger partial charge in [-0.2, -0.15) is 0 Å². The van der Waals surface area contributed by atoms with Crippen molar-refractivity contribution in [2.75, 3.05) is 0 Å². The number of rotatable bonds is 4. The molecule has 0 spiro atoms. The summed E-state index contributed by atoms with van der Waals surface area (Å²) in [5, 5.41) is 20.5. The Bertz CT molecular complexity index is 250. The third-order valence-electron chi connectivity index (χ3n) is 3.24. The van der Waals surface area contributed by atoms with Crippen LogP contribution in [0.5, 0.6) is 0 Å². The lowest BCUT2D eigenvalue weighted by molar-refractivity contribution is -0.0582. The second kappa shape index (κ2) is 4.86. The van der Waals surface area contributed by atoms with E-state index in [1.165, 1.54) is 6.08 Å². The predicted molar refractivity (Wildman–Crippen MR) is 64.1 cm³/mol. The molecule has 4 atom stereocenters. The highest BCUT2D eigenvalue weighted by molar-refractivity contribution is 5.13. The van der Waals surface area contributed by atoms with Crippen LogP contribution in [-0.2, 0) is 4.74 Å². The average Bonchev–Trinajstić information content (AvgIpc) is 2.43. The van der Waals surface area contributed by atoms with Crippen molar-refractivity contribution in [2.24, 2.45) is 11.8 Å². The summed E-state index contributed by atoms with van der Waals surface area (Å²) in [5.74, 6) is 0.578. The van der Waals surface area contributed by atoms with Gasteiger partial charge in [0.1, 0.15) is 11.7 Å². The van der Waals surface area contributed by atoms with Crippen LogP contribution < -0.4 is 0 Å². The monoisotopic (exact) mass is 228 g/mol. The minimum atomic E-state index is -1.31. The highest BCUT2D eigenvalue weighted by atomic mass is 16.5. The van der Waals surface area contributed by atoms with Crippen molar-refractivity contribution >= 4 is 0 Å². The number of aliphatic hydroxyl groups is 2. The normalized spacial score (nSPS) is 39.6. The highest BCUT2D eigenvalue weighted by Crippen LogP contribution is 2.38. The Kier molecular flexibility index (Phi) is 4.16. The Hall–Kier alpha value is -0.380. The summed E-state index contributed by atoms with van der Waals surface area (Å²) in [6.07, 6.45) is 0.627. The summed E-state index contributed by atoms with van der Waals surface area (Å²) in [7, 11) is 0. The fourth-order valence-corrected chi connectivity index (χ4v) is 2.41. The molecule has 1 aliphatic heterocycles. The van der Waals surface area contributed by atoms with Crippen LogP contribution in [0.2, 0.25) is 0 Å². The van der Waals surface area contributed by atoms with Gasteiger partial charge in [0.05, 0.1) is 12.2 Å². The molecule has 1 rings (SSSR count). The molecule has 0 aromatic carbocycles. The van der Waals surface area contributed by atoms with Gasteiger partial charge in [-0.3, -0.25) is 0 Å². The Labute approximate surface area is 98.1 Å². The Morgan fingerprint density at radius 2 is 1.94 bits per heavy atom. The van der Waals surface area contributed by atoms with Crippen LogP contribution in [0, 0.1) is 11.8 Å². The third-order valence-corrected chi connectivity index (χ3v) is 3.24. The van der Waals surface area contributed by atoms with Gasteiger partial charge in [-0.25, -0.2) is 0 Å². The van der Waals surface area contributed by atoms with Gasteiger partial charge in [-0.1, -0.05) is 33.8 Å². The molecule has 0 aromatic rings. The van der Waals surface area contributed by atoms with E-state index in [2.05, 4.69) is 20.4 Å². The van der Waals surface area contributed by atoms with Crippen molar-refractivity contribution < 1.29 is 14.9 Å². The van der Waals surface area contributed by atoms with E-state index in [4.69, 9.17) is 4.74 Å². The highest BCUT2D eigenvalue weighted by Gasteiger charge is 2.53. The first-order chi connectivity index (χ1) is 7.32. The van der Waals surface area contributed by atoms with E-state index >= 15 is 0 Å². The van der Waals surface area contributed by atoms with Crippen molar-refractivity contribution in [2.45, 2.75) is 58.0 Å². The van der Waals surface area contributed by atoms with Gasteiger partial charge in [0.25, 0.3) is 0 Å². The molecule has 16 heavy (non-hydrogen) atoms. The zero-order valence-electron chi connectivity index (χ0n) is 10.7. The molecule has 0 aliphatic carbocycles. The van der Waals surface area contributed by atoms with Crippen molar-refractivity contribution in [3.05, 3.63) is 12.7 Å². The first-order valence-corrected chi connectivity index (χ1v) is 6.02. The fourth-order valence-electron chi connectivity index (χ4n) is 2.41. The van der Waals surface area contributed by atoms with E-state index in [1.807, 2.05) is 13.8 Å². The Morgan fingerprint density at radius 1 is 1.38 bits per heavy atom. The molecule has 3 nitrogen and oxygen atoms in total. The van der Waals surface area contributed by atoms with Crippen molar-refractivity contribution in [1.82, 2.24) is 0 Å². The minimum absolute atomic E-state index is 0.148. The maximum absolute atomic E-state index is 10.4. The average molecular weight is 228 g/mol. The fraction of sp³-hybridized carbons (Fsp3) is 0.846. The van der Waals surface area contributed by atoms with Crippen LogP contribution in [0.15, 0.2) is 12.7 Å². The second-order valence-corrected chi connectivity index (χ2v) is 5.50. The van der Waals surface area contributed by atoms with Crippen LogP contribution in [-0.4, -0.2) is 34.1 Å². The molecular weight excluding hydrogens is 204 g/mol. The van der Waals surface area contributed by atoms with Gasteiger partial charge in [0.15, 0.2) is 0 Å². The molecule has 3 heteroatoms. The lowest BCUT2D eigenvalue weighted by atomic mass is 9.84. The summed E-state index contributed by atoms with van der Waals surface area (Å²) < 4.78 is 5.78. The molecule has 94 valence electrons. The molecule has 1 aliphatic rings. The maximum atomic E-state index is 10.4. The van der Waals surface area contributed by atoms with Crippen LogP contribution in [0.1, 0.15) is 34.1 Å². The molecule has 0 amide bonds. The lowest BCUT2D eigenvalue weighted by Gasteiger charge is -2.29. The van der Waals surface area contributed by atoms with Gasteiger partial charge in [-0.15, -0.1) is 6.58 Å². The van der Waals surface area contributed by atoms with Gasteiger partial charge < -0.3 is 14.9 Å². The van der Waals surface area contributed by atoms with Crippen molar-refractivity contribution in [3.8, 4) is 0 Å². The zero-order valence-corrected chi connectivity index (χ0v) is 10.7. The van der Waals surface area contributed by atoms with Crippen LogP contribution in [0.3, 0.4) is 0 Å². The Morgan fingerprint density at radius 3 is 2.25 bits per heavy atom. The number of ether oxygens (including phenoxy) is 1. The van der Waals surface area contributed by atoms with E-state index in [1.54, 1.807) is 0 Å². The molecule has 0 aromatic heterocycles. The van der Waals surface area contributed by atoms with E-state index in [-0.39, 0.29) is 18.1 Å². The van der Waals surface area contributed by atoms with Crippen molar-refractivity contribution in [3.63, 3.8) is 0 Å². The van der Waals surface area contributed by atoms with Crippen LogP contribution in [0.25, 0.3) is 0 Å². The van der Waals surface area contributed by atoms with Crippen LogP contribution >= 0.6 is 0 Å². The molecule has 1 fully saturated rings. The molecule has 1 saturated heterocycles. The van der Waals surface area contributed by atoms with E-state index in [0.717, 1.165) is 6.42 Å². The number of hydrogen-bond acceptors (Lipinski definition) is 3. The van der Waals surface area contributed by atoms with Crippen molar-refractivity contribution in [1.29, 1.82) is 0 Å². The smallest absolute Gasteiger partial charge is 0.137 e. The zero-order chi connectivity index (χ0) is 12.5. The number of aliphatic hydroxyl groups excluding tert-OH is 1. The first-order valence-electron chi connectivity index (χ1n) is 6.02. The third kappa shape index (κ3) is 2.31. The summed E-state index contributed by atoms with van der Waals surface area (Å²) >= 11 is 0. The molecular formula is C13H24O3. The van der Waals surface area contributed by atoms with E-state index in [9.17, 15) is 10.2 Å². The Balaban J connectivity index is 2.87. The summed E-state index contributed by atoms with van der Waals surface area (Å²) in [5.41, 5.74) is -1.31. The second-order valence-electron chi connectivity index (χ2n) is 5.50. The first kappa shape index (κ1) is 13.7. The molecule has 0 radical (unpaired) electrons. The van der Waals surface area contributed by atoms with Gasteiger partial charge in [0.2, 0.25) is 0 Å². The largest absolute Gasteiger partial charge is 0.387 e. The SMILES string of the molecule is C=C[C@@]1(O)[C@H](O)[C@@H](CC(C)C)O[C@H]1C(C)C. The molecule has 0 saturated carbocycles. The minimum Gasteiger partial charge on any atom is -0.387 e. The maximum Gasteiger partial charge on any atom is 0.137 e. The summed E-state index contributed by atoms with van der Waals surface area (Å²) in [6, 6.07) is 0. The van der Waals surface area contributed by atoms with Gasteiger partial charge >= 0.3 is 0 Å². The van der Waals surface area contributed by atoms with Gasteiger partial charge in [0, 0.05) is 0 Å². The molecule has 1 heterocycles. The topological polar surface area (TPSA) is 49.7 Å². The molecule has 2 N–H and O–H groups in total. The van der Waals surface area contributed by atoms with E-state index < -0.39 is 11.7 Å².